The summed E-state index contributed by atoms with van der Waals surface area (Å²) in [4.78, 5) is 0. The van der Waals surface area contributed by atoms with Crippen molar-refractivity contribution >= 4 is 0 Å². The molecule has 6 N–H and O–H groups in total. The van der Waals surface area contributed by atoms with E-state index >= 15 is 0 Å². The Morgan fingerprint density at radius 1 is 0.917 bits per heavy atom. The highest BCUT2D eigenvalue weighted by Gasteiger charge is 2.54. The van der Waals surface area contributed by atoms with Gasteiger partial charge < -0.3 is 44.8 Å². The minimum absolute atomic E-state index is 0.329. The van der Waals surface area contributed by atoms with Crippen LogP contribution in [0.15, 0.2) is 12.3 Å². The molecule has 0 aromatic carbocycles. The predicted octanol–water partition coefficient (Wildman–Crippen LogP) is -2.72. The average Bonchev–Trinajstić information content (AvgIpc) is 2.80. The molecule has 0 aromatic rings. The summed E-state index contributed by atoms with van der Waals surface area (Å²) in [5.74, 6) is -1.09. The van der Waals surface area contributed by atoms with Crippen LogP contribution in [0.2, 0.25) is 0 Å². The minimum atomic E-state index is -1.55. The second-order valence-electron chi connectivity index (χ2n) is 6.66. The fraction of sp³-hybridized carbons (Fsp3) is 0.867. The van der Waals surface area contributed by atoms with E-state index in [1.807, 2.05) is 0 Å². The zero-order chi connectivity index (χ0) is 17.6. The monoisotopic (exact) mass is 348 g/mol. The van der Waals surface area contributed by atoms with Crippen LogP contribution in [0.4, 0.5) is 0 Å². The van der Waals surface area contributed by atoms with Crippen molar-refractivity contribution in [2.45, 2.75) is 56.1 Å². The fourth-order valence-electron chi connectivity index (χ4n) is 3.76. The van der Waals surface area contributed by atoms with Gasteiger partial charge in [-0.15, -0.1) is 0 Å². The molecule has 1 saturated carbocycles. The summed E-state index contributed by atoms with van der Waals surface area (Å²) in [5.41, 5.74) is 0. The summed E-state index contributed by atoms with van der Waals surface area (Å²) in [6.45, 7) is 1.20. The summed E-state index contributed by atoms with van der Waals surface area (Å²) < 4.78 is 16.4. The summed E-state index contributed by atoms with van der Waals surface area (Å²) in [5, 5.41) is 59.0. The van der Waals surface area contributed by atoms with Crippen molar-refractivity contribution in [3.05, 3.63) is 12.3 Å². The highest BCUT2D eigenvalue weighted by molar-refractivity contribution is 5.07. The Hall–Kier alpha value is -0.780. The first-order valence-corrected chi connectivity index (χ1v) is 8.01. The van der Waals surface area contributed by atoms with E-state index in [1.165, 1.54) is 6.26 Å². The molecule has 2 fully saturated rings. The van der Waals surface area contributed by atoms with Crippen LogP contribution in [0.1, 0.15) is 6.92 Å². The molecule has 9 heteroatoms. The number of hydrogen-bond acceptors (Lipinski definition) is 9. The van der Waals surface area contributed by atoms with E-state index in [0.29, 0.717) is 0 Å². The van der Waals surface area contributed by atoms with E-state index in [4.69, 9.17) is 14.2 Å². The molecule has 1 saturated heterocycles. The van der Waals surface area contributed by atoms with Crippen LogP contribution in [-0.4, -0.2) is 86.4 Å². The van der Waals surface area contributed by atoms with Crippen molar-refractivity contribution in [3.63, 3.8) is 0 Å². The molecule has 9 nitrogen and oxygen atoms in total. The van der Waals surface area contributed by atoms with E-state index < -0.39 is 55.8 Å². The lowest BCUT2D eigenvalue weighted by Crippen LogP contribution is -2.60. The Labute approximate surface area is 138 Å². The van der Waals surface area contributed by atoms with Gasteiger partial charge in [0.25, 0.3) is 0 Å². The third kappa shape index (κ3) is 2.85. The fourth-order valence-corrected chi connectivity index (χ4v) is 3.76. The van der Waals surface area contributed by atoms with Crippen molar-refractivity contribution in [1.82, 2.24) is 0 Å². The van der Waals surface area contributed by atoms with Crippen molar-refractivity contribution in [2.75, 3.05) is 6.61 Å². The number of hydrogen-bond donors (Lipinski definition) is 6. The van der Waals surface area contributed by atoms with Gasteiger partial charge in [-0.1, -0.05) is 6.92 Å². The van der Waals surface area contributed by atoms with Gasteiger partial charge >= 0.3 is 0 Å². The van der Waals surface area contributed by atoms with Gasteiger partial charge in [-0.2, -0.15) is 0 Å². The maximum absolute atomic E-state index is 10.1. The van der Waals surface area contributed by atoms with Gasteiger partial charge in [0, 0.05) is 11.8 Å². The quantitative estimate of drug-likeness (QED) is 0.320. The number of aliphatic hydroxyl groups excluding tert-OH is 6. The van der Waals surface area contributed by atoms with E-state index in [0.717, 1.165) is 0 Å². The number of rotatable bonds is 3. The molecule has 1 aliphatic carbocycles. The molecule has 0 amide bonds. The van der Waals surface area contributed by atoms with Gasteiger partial charge in [-0.3, -0.25) is 0 Å². The largest absolute Gasteiger partial charge is 0.472 e. The number of aliphatic hydroxyl groups is 6. The standard InChI is InChI=1S/C15H24O9/c1-5-8-6(10(18)9(5)17)2-3-22-14(8)24-15-13(21)12(20)11(19)7(4-16)23-15/h2-3,5-21H,4H2,1H3. The molecule has 11 atom stereocenters. The molecule has 2 heterocycles. The molecule has 0 bridgehead atoms. The normalized spacial score (nSPS) is 54.4. The molecule has 3 aliphatic rings. The van der Waals surface area contributed by atoms with Crippen LogP contribution in [-0.2, 0) is 14.2 Å². The zero-order valence-electron chi connectivity index (χ0n) is 13.1. The highest BCUT2D eigenvalue weighted by Crippen LogP contribution is 2.44. The molecule has 24 heavy (non-hydrogen) atoms. The molecule has 0 radical (unpaired) electrons. The number of ether oxygens (including phenoxy) is 3. The molecule has 138 valence electrons. The van der Waals surface area contributed by atoms with Gasteiger partial charge in [0.05, 0.1) is 25.1 Å². The second kappa shape index (κ2) is 6.85. The second-order valence-corrected chi connectivity index (χ2v) is 6.66. The first kappa shape index (κ1) is 18.0. The van der Waals surface area contributed by atoms with E-state index in [1.54, 1.807) is 13.0 Å². The van der Waals surface area contributed by atoms with Crippen LogP contribution in [0, 0.1) is 17.8 Å². The van der Waals surface area contributed by atoms with Gasteiger partial charge in [0.2, 0.25) is 6.29 Å². The van der Waals surface area contributed by atoms with Crippen LogP contribution in [0.3, 0.4) is 0 Å². The third-order valence-corrected chi connectivity index (χ3v) is 5.28. The van der Waals surface area contributed by atoms with E-state index in [-0.39, 0.29) is 17.8 Å². The Balaban J connectivity index is 1.74. The van der Waals surface area contributed by atoms with E-state index in [2.05, 4.69) is 0 Å². The zero-order valence-corrected chi connectivity index (χ0v) is 13.1. The van der Waals surface area contributed by atoms with Crippen LogP contribution in [0.25, 0.3) is 0 Å². The first-order valence-electron chi connectivity index (χ1n) is 8.01. The van der Waals surface area contributed by atoms with Crippen LogP contribution < -0.4 is 0 Å². The Bertz CT molecular complexity index is 470. The van der Waals surface area contributed by atoms with Gasteiger partial charge in [0.15, 0.2) is 6.29 Å². The summed E-state index contributed by atoms with van der Waals surface area (Å²) in [6, 6.07) is 0. The smallest absolute Gasteiger partial charge is 0.205 e. The van der Waals surface area contributed by atoms with Crippen molar-refractivity contribution in [3.8, 4) is 0 Å². The lowest BCUT2D eigenvalue weighted by atomic mass is 9.88. The molecule has 2 aliphatic heterocycles. The van der Waals surface area contributed by atoms with Gasteiger partial charge in [-0.05, 0) is 12.0 Å². The van der Waals surface area contributed by atoms with Crippen molar-refractivity contribution in [2.24, 2.45) is 17.8 Å². The summed E-state index contributed by atoms with van der Waals surface area (Å²) in [7, 11) is 0. The van der Waals surface area contributed by atoms with Crippen molar-refractivity contribution < 1.29 is 44.8 Å². The van der Waals surface area contributed by atoms with Gasteiger partial charge in [0.1, 0.15) is 24.4 Å². The Kier molecular flexibility index (Phi) is 5.14. The molecular weight excluding hydrogens is 324 g/mol. The summed E-state index contributed by atoms with van der Waals surface area (Å²) >= 11 is 0. The van der Waals surface area contributed by atoms with Crippen LogP contribution >= 0.6 is 0 Å². The predicted molar refractivity (Wildman–Crippen MR) is 77.0 cm³/mol. The topological polar surface area (TPSA) is 149 Å². The Morgan fingerprint density at radius 3 is 2.29 bits per heavy atom. The molecule has 3 rings (SSSR count). The number of fused-ring (bicyclic) bond motifs is 1. The molecular formula is C15H24O9. The van der Waals surface area contributed by atoms with Crippen LogP contribution in [0.5, 0.6) is 0 Å². The first-order chi connectivity index (χ1) is 11.4. The maximum atomic E-state index is 10.1. The molecule has 11 unspecified atom stereocenters. The maximum Gasteiger partial charge on any atom is 0.205 e. The Morgan fingerprint density at radius 2 is 1.62 bits per heavy atom. The SMILES string of the molecule is CC1C(O)C(O)C2C=COC(OC3OC(CO)C(O)C(O)C3O)C12. The molecule has 0 aromatic heterocycles. The third-order valence-electron chi connectivity index (χ3n) is 5.28. The average molecular weight is 348 g/mol. The van der Waals surface area contributed by atoms with E-state index in [9.17, 15) is 30.6 Å². The molecule has 0 spiro atoms. The highest BCUT2D eigenvalue weighted by atomic mass is 16.8. The summed E-state index contributed by atoms with van der Waals surface area (Å²) in [6.07, 6.45) is -6.80. The lowest BCUT2D eigenvalue weighted by Gasteiger charge is -2.42. The minimum Gasteiger partial charge on any atom is -0.472 e. The van der Waals surface area contributed by atoms with Gasteiger partial charge in [-0.25, -0.2) is 0 Å². The lowest BCUT2D eigenvalue weighted by molar-refractivity contribution is -0.342. The van der Waals surface area contributed by atoms with Crippen molar-refractivity contribution in [1.29, 1.82) is 0 Å².